The van der Waals surface area contributed by atoms with Gasteiger partial charge in [-0.3, -0.25) is 19.1 Å². The summed E-state index contributed by atoms with van der Waals surface area (Å²) in [5.41, 5.74) is -0.0857. The molecule has 1 N–H and O–H groups in total. The summed E-state index contributed by atoms with van der Waals surface area (Å²) in [6.07, 6.45) is 1.80. The normalized spacial score (nSPS) is 16.9. The predicted octanol–water partition coefficient (Wildman–Crippen LogP) is 1.32. The fraction of sp³-hybridized carbons (Fsp3) is 0.611. The predicted molar refractivity (Wildman–Crippen MR) is 103 cm³/mol. The molecule has 1 amide bonds. The van der Waals surface area contributed by atoms with Crippen LogP contribution in [-0.4, -0.2) is 59.2 Å². The number of carbonyl (C=O) groups excluding carboxylic acids is 1. The second-order valence-electron chi connectivity index (χ2n) is 6.90. The molecular weight excluding hydrogens is 352 g/mol. The SMILES string of the molecule is CC(C)C(CNC(=O)CCn1cnc2sccc2c1=O)N1CCOCC1. The number of nitrogens with one attached hydrogen (secondary N) is 1. The minimum absolute atomic E-state index is 0.0405. The molecule has 0 radical (unpaired) electrons. The number of carbonyl (C=O) groups is 1. The van der Waals surface area contributed by atoms with E-state index >= 15 is 0 Å². The van der Waals surface area contributed by atoms with Crippen molar-refractivity contribution in [3.05, 3.63) is 28.1 Å². The molecule has 1 atom stereocenters. The van der Waals surface area contributed by atoms with Crippen LogP contribution in [0.25, 0.3) is 10.2 Å². The molecular formula is C18H26N4O3S. The van der Waals surface area contributed by atoms with Crippen LogP contribution >= 0.6 is 11.3 Å². The Morgan fingerprint density at radius 3 is 2.88 bits per heavy atom. The number of ether oxygens (including phenoxy) is 1. The number of hydrogen-bond donors (Lipinski definition) is 1. The largest absolute Gasteiger partial charge is 0.379 e. The molecule has 2 aromatic rings. The molecule has 0 bridgehead atoms. The smallest absolute Gasteiger partial charge is 0.262 e. The molecule has 7 nitrogen and oxygen atoms in total. The Morgan fingerprint density at radius 1 is 1.38 bits per heavy atom. The Labute approximate surface area is 157 Å². The lowest BCUT2D eigenvalue weighted by molar-refractivity contribution is -0.121. The van der Waals surface area contributed by atoms with E-state index in [1.54, 1.807) is 6.07 Å². The van der Waals surface area contributed by atoms with Gasteiger partial charge in [-0.2, -0.15) is 0 Å². The Balaban J connectivity index is 1.52. The summed E-state index contributed by atoms with van der Waals surface area (Å²) in [4.78, 5) is 32.0. The zero-order chi connectivity index (χ0) is 18.5. The third-order valence-electron chi connectivity index (χ3n) is 4.82. The van der Waals surface area contributed by atoms with Crippen molar-refractivity contribution in [3.63, 3.8) is 0 Å². The summed E-state index contributed by atoms with van der Waals surface area (Å²) >= 11 is 1.44. The van der Waals surface area contributed by atoms with Crippen molar-refractivity contribution in [1.82, 2.24) is 19.8 Å². The molecule has 1 aliphatic heterocycles. The van der Waals surface area contributed by atoms with Crippen molar-refractivity contribution in [3.8, 4) is 0 Å². The van der Waals surface area contributed by atoms with Gasteiger partial charge in [0.2, 0.25) is 5.91 Å². The van der Waals surface area contributed by atoms with Gasteiger partial charge in [0.15, 0.2) is 0 Å². The van der Waals surface area contributed by atoms with Gasteiger partial charge in [-0.05, 0) is 17.4 Å². The van der Waals surface area contributed by atoms with E-state index in [1.807, 2.05) is 5.38 Å². The molecule has 0 aromatic carbocycles. The van der Waals surface area contributed by atoms with E-state index in [9.17, 15) is 9.59 Å². The van der Waals surface area contributed by atoms with Crippen molar-refractivity contribution < 1.29 is 9.53 Å². The molecule has 2 aromatic heterocycles. The molecule has 1 fully saturated rings. The number of fused-ring (bicyclic) bond motifs is 1. The van der Waals surface area contributed by atoms with Gasteiger partial charge in [0.05, 0.1) is 24.9 Å². The maximum Gasteiger partial charge on any atom is 0.262 e. The van der Waals surface area contributed by atoms with Crippen LogP contribution in [0.15, 0.2) is 22.6 Å². The highest BCUT2D eigenvalue weighted by molar-refractivity contribution is 7.16. The number of amides is 1. The Morgan fingerprint density at radius 2 is 2.15 bits per heavy atom. The topological polar surface area (TPSA) is 76.5 Å². The quantitative estimate of drug-likeness (QED) is 0.786. The fourth-order valence-corrected chi connectivity index (χ4v) is 4.00. The summed E-state index contributed by atoms with van der Waals surface area (Å²) in [7, 11) is 0. The summed E-state index contributed by atoms with van der Waals surface area (Å²) in [5.74, 6) is 0.405. The lowest BCUT2D eigenvalue weighted by Gasteiger charge is -2.36. The zero-order valence-corrected chi connectivity index (χ0v) is 16.1. The third-order valence-corrected chi connectivity index (χ3v) is 5.64. The molecule has 0 spiro atoms. The van der Waals surface area contributed by atoms with Gasteiger partial charge < -0.3 is 10.1 Å². The molecule has 1 unspecified atom stereocenters. The lowest BCUT2D eigenvalue weighted by atomic mass is 10.0. The number of hydrogen-bond acceptors (Lipinski definition) is 6. The van der Waals surface area contributed by atoms with Crippen molar-refractivity contribution >= 4 is 27.5 Å². The molecule has 0 saturated carbocycles. The number of aryl methyl sites for hydroxylation is 1. The molecule has 142 valence electrons. The van der Waals surface area contributed by atoms with E-state index in [1.165, 1.54) is 22.2 Å². The van der Waals surface area contributed by atoms with Crippen LogP contribution in [0.2, 0.25) is 0 Å². The maximum atomic E-state index is 12.3. The van der Waals surface area contributed by atoms with E-state index in [-0.39, 0.29) is 17.9 Å². The highest BCUT2D eigenvalue weighted by Gasteiger charge is 2.24. The average molecular weight is 378 g/mol. The minimum atomic E-state index is -0.0857. The standard InChI is InChI=1S/C18H26N4O3S/c1-13(2)15(21-6-8-25-9-7-21)11-19-16(23)3-5-22-12-20-17-14(18(22)24)4-10-26-17/h4,10,12-13,15H,3,5-9,11H2,1-2H3,(H,19,23). The van der Waals surface area contributed by atoms with E-state index in [4.69, 9.17) is 4.74 Å². The molecule has 1 saturated heterocycles. The average Bonchev–Trinajstić information content (AvgIpc) is 3.11. The van der Waals surface area contributed by atoms with Gasteiger partial charge in [0.1, 0.15) is 4.83 Å². The molecule has 1 aliphatic rings. The summed E-state index contributed by atoms with van der Waals surface area (Å²) < 4.78 is 6.92. The molecule has 0 aliphatic carbocycles. The van der Waals surface area contributed by atoms with Crippen molar-refractivity contribution in [2.75, 3.05) is 32.8 Å². The van der Waals surface area contributed by atoms with Gasteiger partial charge in [0, 0.05) is 38.6 Å². The van der Waals surface area contributed by atoms with Gasteiger partial charge in [-0.1, -0.05) is 13.8 Å². The van der Waals surface area contributed by atoms with Crippen LogP contribution < -0.4 is 10.9 Å². The second kappa shape index (κ2) is 8.75. The first-order valence-corrected chi connectivity index (χ1v) is 9.95. The fourth-order valence-electron chi connectivity index (χ4n) is 3.28. The highest BCUT2D eigenvalue weighted by atomic mass is 32.1. The van der Waals surface area contributed by atoms with Crippen LogP contribution in [0.4, 0.5) is 0 Å². The Hall–Kier alpha value is -1.77. The van der Waals surface area contributed by atoms with Crippen molar-refractivity contribution in [2.24, 2.45) is 5.92 Å². The molecule has 3 rings (SSSR count). The van der Waals surface area contributed by atoms with Crippen LogP contribution in [0.1, 0.15) is 20.3 Å². The van der Waals surface area contributed by atoms with Gasteiger partial charge in [-0.15, -0.1) is 11.3 Å². The number of morpholine rings is 1. The van der Waals surface area contributed by atoms with E-state index in [2.05, 4.69) is 29.0 Å². The molecule has 26 heavy (non-hydrogen) atoms. The van der Waals surface area contributed by atoms with Gasteiger partial charge in [0.25, 0.3) is 5.56 Å². The van der Waals surface area contributed by atoms with Crippen LogP contribution in [0.3, 0.4) is 0 Å². The lowest BCUT2D eigenvalue weighted by Crippen LogP contribution is -2.51. The first kappa shape index (κ1) is 19.0. The van der Waals surface area contributed by atoms with Crippen molar-refractivity contribution in [1.29, 1.82) is 0 Å². The summed E-state index contributed by atoms with van der Waals surface area (Å²) in [5, 5.41) is 5.50. The zero-order valence-electron chi connectivity index (χ0n) is 15.3. The molecule has 8 heteroatoms. The first-order valence-electron chi connectivity index (χ1n) is 9.07. The number of nitrogens with zero attached hydrogens (tertiary/aromatic N) is 3. The minimum Gasteiger partial charge on any atom is -0.379 e. The summed E-state index contributed by atoms with van der Waals surface area (Å²) in [6, 6.07) is 2.08. The number of rotatable bonds is 7. The van der Waals surface area contributed by atoms with Crippen LogP contribution in [0.5, 0.6) is 0 Å². The second-order valence-corrected chi connectivity index (χ2v) is 7.79. The van der Waals surface area contributed by atoms with E-state index in [0.717, 1.165) is 31.1 Å². The molecule has 3 heterocycles. The summed E-state index contributed by atoms with van der Waals surface area (Å²) in [6.45, 7) is 8.61. The maximum absolute atomic E-state index is 12.3. The Bertz CT molecular complexity index is 795. The van der Waals surface area contributed by atoms with E-state index < -0.39 is 0 Å². The van der Waals surface area contributed by atoms with E-state index in [0.29, 0.717) is 30.4 Å². The van der Waals surface area contributed by atoms with Crippen LogP contribution in [0, 0.1) is 5.92 Å². The Kier molecular flexibility index (Phi) is 6.39. The third kappa shape index (κ3) is 4.49. The van der Waals surface area contributed by atoms with Crippen LogP contribution in [-0.2, 0) is 16.1 Å². The van der Waals surface area contributed by atoms with Gasteiger partial charge in [-0.25, -0.2) is 4.98 Å². The number of aromatic nitrogens is 2. The number of thiophene rings is 1. The highest BCUT2D eigenvalue weighted by Crippen LogP contribution is 2.14. The first-order chi connectivity index (χ1) is 12.6. The van der Waals surface area contributed by atoms with Crippen molar-refractivity contribution in [2.45, 2.75) is 32.9 Å². The monoisotopic (exact) mass is 378 g/mol. The van der Waals surface area contributed by atoms with Gasteiger partial charge >= 0.3 is 0 Å².